The quantitative estimate of drug-likeness (QED) is 0.134. The van der Waals surface area contributed by atoms with Crippen LogP contribution >= 0.6 is 0 Å². The first kappa shape index (κ1) is 39.2. The maximum Gasteiger partial charge on any atom is 0.341 e. The zero-order chi connectivity index (χ0) is 40.0. The number of hydrogen-bond acceptors (Lipinski definition) is 15. The van der Waals surface area contributed by atoms with E-state index < -0.39 is 40.6 Å². The van der Waals surface area contributed by atoms with Gasteiger partial charge in [0.2, 0.25) is 17.8 Å². The number of carbonyl (C=O) groups is 2. The normalized spacial score (nSPS) is 34.8. The number of cyclic esters (lactones) is 1. The number of hydrogen-bond donors (Lipinski definition) is 6. The lowest BCUT2D eigenvalue weighted by molar-refractivity contribution is -0.184. The summed E-state index contributed by atoms with van der Waals surface area (Å²) in [7, 11) is 0. The van der Waals surface area contributed by atoms with Gasteiger partial charge in [-0.2, -0.15) is 0 Å². The zero-order valence-electron chi connectivity index (χ0n) is 32.7. The molecule has 7 unspecified atom stereocenters. The van der Waals surface area contributed by atoms with Crippen LogP contribution in [0.3, 0.4) is 0 Å². The summed E-state index contributed by atoms with van der Waals surface area (Å²) in [6.45, 7) is 7.46. The zero-order valence-corrected chi connectivity index (χ0v) is 32.7. The number of rotatable bonds is 12. The van der Waals surface area contributed by atoms with Crippen molar-refractivity contribution < 1.29 is 34.4 Å². The third-order valence-corrected chi connectivity index (χ3v) is 13.6. The van der Waals surface area contributed by atoms with Crippen LogP contribution < -0.4 is 20.9 Å². The lowest BCUT2D eigenvalue weighted by atomic mass is 9.43. The van der Waals surface area contributed by atoms with Crippen molar-refractivity contribution in [2.45, 2.75) is 95.2 Å². The number of aliphatic imine (C=N–C) groups is 2. The Morgan fingerprint density at radius 3 is 2.65 bits per heavy atom. The van der Waals surface area contributed by atoms with E-state index in [9.17, 15) is 24.9 Å². The van der Waals surface area contributed by atoms with Crippen molar-refractivity contribution in [1.29, 1.82) is 0 Å². The maximum atomic E-state index is 13.9. The largest absolute Gasteiger partial charge is 0.423 e. The molecule has 2 aliphatic carbocycles. The van der Waals surface area contributed by atoms with Gasteiger partial charge in [0, 0.05) is 48.4 Å². The molecule has 1 spiro atoms. The number of aliphatic hydroxyl groups is 3. The molecule has 6 heterocycles. The number of esters is 1. The number of aliphatic hydroxyl groups excluding tert-OH is 3. The molecular formula is C41H53N9O7. The first-order valence-electron chi connectivity index (χ1n) is 20.1. The standard InChI is InChI=1S/C41H53N9O7/c1-24(35(54)49-37-43-12-13-44-37)47-32-18-30-39(2,10-9-33(53)40(30,3)22-52)31(41(32)23-56-41)17-29(48-34-8-4-5-11-42-34)28-16-27(57-36(28)55)15-25-19-45-38(46-20-25)50-14-6-7-26(50)21-51/h4-5,8,11-12,15-16,19-20,24,26,29-33,47,51-53H,6-7,9-10,13-14,17-18,21-23H2,1-3H3,(H,42,48)(H,44,49,54)/b27-15+/t24?,26?,29?,30?,31?,32?,33-,39+,40+,41?/m1/s1. The summed E-state index contributed by atoms with van der Waals surface area (Å²) in [5.41, 5.74) is -0.874. The highest BCUT2D eigenvalue weighted by Crippen LogP contribution is 2.66. The van der Waals surface area contributed by atoms with E-state index in [0.29, 0.717) is 67.5 Å². The smallest absolute Gasteiger partial charge is 0.341 e. The summed E-state index contributed by atoms with van der Waals surface area (Å²) in [5, 5.41) is 42.1. The number of pyridine rings is 1. The van der Waals surface area contributed by atoms with Crippen molar-refractivity contribution in [1.82, 2.24) is 25.6 Å². The monoisotopic (exact) mass is 783 g/mol. The van der Waals surface area contributed by atoms with Crippen LogP contribution in [0.15, 0.2) is 64.2 Å². The minimum atomic E-state index is -0.822. The Labute approximate surface area is 332 Å². The predicted octanol–water partition coefficient (Wildman–Crippen LogP) is 2.00. The van der Waals surface area contributed by atoms with Crippen LogP contribution in [0.4, 0.5) is 11.8 Å². The van der Waals surface area contributed by atoms with E-state index >= 15 is 0 Å². The van der Waals surface area contributed by atoms with Crippen molar-refractivity contribution in [3.63, 3.8) is 0 Å². The van der Waals surface area contributed by atoms with Gasteiger partial charge in [-0.3, -0.25) is 10.1 Å². The summed E-state index contributed by atoms with van der Waals surface area (Å²) in [5.74, 6) is 0.632. The van der Waals surface area contributed by atoms with Crippen LogP contribution in [0.2, 0.25) is 0 Å². The van der Waals surface area contributed by atoms with Gasteiger partial charge in [0.25, 0.3) is 0 Å². The first-order chi connectivity index (χ1) is 27.5. The maximum absolute atomic E-state index is 13.9. The second-order valence-electron chi connectivity index (χ2n) is 16.9. The molecule has 57 heavy (non-hydrogen) atoms. The lowest BCUT2D eigenvalue weighted by Gasteiger charge is -2.63. The average molecular weight is 784 g/mol. The third-order valence-electron chi connectivity index (χ3n) is 13.6. The number of epoxide rings is 1. The first-order valence-corrected chi connectivity index (χ1v) is 20.1. The number of aromatic nitrogens is 3. The van der Waals surface area contributed by atoms with E-state index in [1.807, 2.05) is 30.0 Å². The number of carbonyl (C=O) groups excluding carboxylic acids is 2. The van der Waals surface area contributed by atoms with Crippen LogP contribution in [0.1, 0.15) is 64.9 Å². The van der Waals surface area contributed by atoms with Gasteiger partial charge in [0.1, 0.15) is 17.2 Å². The van der Waals surface area contributed by atoms with Gasteiger partial charge in [-0.05, 0) is 87.0 Å². The topological polar surface area (TPSA) is 219 Å². The number of nitrogens with zero attached hydrogens (tertiary/aromatic N) is 6. The van der Waals surface area contributed by atoms with Gasteiger partial charge in [0.15, 0.2) is 0 Å². The number of allylic oxidation sites excluding steroid dienone is 1. The molecule has 6 N–H and O–H groups in total. The predicted molar refractivity (Wildman–Crippen MR) is 212 cm³/mol. The number of amides is 1. The van der Waals surface area contributed by atoms with Gasteiger partial charge in [-0.25, -0.2) is 29.7 Å². The molecule has 2 aromatic heterocycles. The number of fused-ring (bicyclic) bond motifs is 1. The molecule has 0 aromatic carbocycles. The Kier molecular flexibility index (Phi) is 10.8. The molecule has 16 heteroatoms. The van der Waals surface area contributed by atoms with Crippen molar-refractivity contribution in [3.05, 3.63) is 59.8 Å². The molecule has 304 valence electrons. The van der Waals surface area contributed by atoms with Crippen LogP contribution in [-0.2, 0) is 19.1 Å². The number of anilines is 2. The molecule has 8 rings (SSSR count). The van der Waals surface area contributed by atoms with E-state index in [0.717, 1.165) is 19.4 Å². The fourth-order valence-electron chi connectivity index (χ4n) is 10.3. The number of nitrogens with one attached hydrogen (secondary N) is 3. The molecule has 1 amide bonds. The van der Waals surface area contributed by atoms with Crippen molar-refractivity contribution >= 4 is 41.9 Å². The second-order valence-corrected chi connectivity index (χ2v) is 16.9. The fraction of sp³-hybridized carbons (Fsp3) is 0.585. The Morgan fingerprint density at radius 1 is 1.16 bits per heavy atom. The van der Waals surface area contributed by atoms with Crippen LogP contribution in [0, 0.1) is 22.7 Å². The van der Waals surface area contributed by atoms with E-state index in [2.05, 4.69) is 47.8 Å². The Bertz CT molecular complexity index is 1950. The fourth-order valence-corrected chi connectivity index (χ4v) is 10.3. The Morgan fingerprint density at radius 2 is 1.96 bits per heavy atom. The van der Waals surface area contributed by atoms with E-state index in [4.69, 9.17) is 9.47 Å². The Balaban J connectivity index is 1.12. The molecule has 0 radical (unpaired) electrons. The molecule has 4 aliphatic heterocycles. The molecule has 4 fully saturated rings. The van der Waals surface area contributed by atoms with Gasteiger partial charge < -0.3 is 40.3 Å². The lowest BCUT2D eigenvalue weighted by Crippen LogP contribution is -2.68. The molecule has 2 aromatic rings. The van der Waals surface area contributed by atoms with Crippen molar-refractivity contribution in [2.75, 3.05) is 43.1 Å². The van der Waals surface area contributed by atoms with Crippen molar-refractivity contribution in [3.8, 4) is 0 Å². The Hall–Kier alpha value is -4.61. The van der Waals surface area contributed by atoms with Crippen LogP contribution in [0.5, 0.6) is 0 Å². The van der Waals surface area contributed by atoms with Crippen LogP contribution in [-0.4, -0.2) is 123 Å². The third kappa shape index (κ3) is 7.37. The molecule has 10 atom stereocenters. The molecule has 2 saturated carbocycles. The SMILES string of the molecule is CC(NC1CC2[C@](C)(CC[C@@H](O)[C@@]2(C)CO)C(CC(Nc2ccccn2)C2=C/C(=C\c3cnc(N4CCCC4CO)nc3)OC2=O)C12CO2)C(=O)NC1=NCC=N1. The molecular weight excluding hydrogens is 731 g/mol. The van der Waals surface area contributed by atoms with E-state index in [1.54, 1.807) is 43.9 Å². The summed E-state index contributed by atoms with van der Waals surface area (Å²) >= 11 is 0. The minimum Gasteiger partial charge on any atom is -0.423 e. The average Bonchev–Trinajstić information content (AvgIpc) is 3.50. The highest BCUT2D eigenvalue weighted by molar-refractivity contribution is 6.04. The molecule has 16 nitrogen and oxygen atoms in total. The van der Waals surface area contributed by atoms with Gasteiger partial charge >= 0.3 is 5.97 Å². The van der Waals surface area contributed by atoms with Crippen LogP contribution in [0.25, 0.3) is 6.08 Å². The van der Waals surface area contributed by atoms with Gasteiger partial charge in [0.05, 0.1) is 56.2 Å². The summed E-state index contributed by atoms with van der Waals surface area (Å²) < 4.78 is 12.4. The number of ether oxygens (including phenoxy) is 2. The minimum absolute atomic E-state index is 0.00172. The highest BCUT2D eigenvalue weighted by Gasteiger charge is 2.71. The van der Waals surface area contributed by atoms with E-state index in [-0.39, 0.29) is 49.0 Å². The molecule has 6 aliphatic rings. The molecule has 2 saturated heterocycles. The van der Waals surface area contributed by atoms with Crippen molar-refractivity contribution in [2.24, 2.45) is 32.7 Å². The molecule has 0 bridgehead atoms. The number of guanidine groups is 1. The summed E-state index contributed by atoms with van der Waals surface area (Å²) in [6.07, 6.45) is 13.5. The van der Waals surface area contributed by atoms with Gasteiger partial charge in [-0.1, -0.05) is 19.9 Å². The summed E-state index contributed by atoms with van der Waals surface area (Å²) in [4.78, 5) is 51.2. The highest BCUT2D eigenvalue weighted by atomic mass is 16.6. The van der Waals surface area contributed by atoms with E-state index in [1.165, 1.54) is 0 Å². The van der Waals surface area contributed by atoms with Gasteiger partial charge in [-0.15, -0.1) is 0 Å². The summed E-state index contributed by atoms with van der Waals surface area (Å²) in [6, 6.07) is 4.02. The second kappa shape index (κ2) is 15.6.